The molecule has 0 unspecified atom stereocenters. The zero-order valence-corrected chi connectivity index (χ0v) is 14.7. The number of fused-ring (bicyclic) bond motifs is 3. The van der Waals surface area contributed by atoms with E-state index in [0.29, 0.717) is 5.02 Å². The van der Waals surface area contributed by atoms with Crippen molar-refractivity contribution in [3.05, 3.63) is 94.8 Å². The van der Waals surface area contributed by atoms with Crippen LogP contribution in [0.4, 0.5) is 0 Å². The summed E-state index contributed by atoms with van der Waals surface area (Å²) in [6.45, 7) is 0. The van der Waals surface area contributed by atoms with Crippen LogP contribution in [-0.2, 0) is 0 Å². The fourth-order valence-corrected chi connectivity index (χ4v) is 3.79. The second-order valence-corrected chi connectivity index (χ2v) is 6.89. The number of aromatic nitrogens is 1. The van der Waals surface area contributed by atoms with Gasteiger partial charge in [-0.3, -0.25) is 4.98 Å². The molecule has 0 bridgehead atoms. The number of ether oxygens (including phenoxy) is 1. The van der Waals surface area contributed by atoms with Crippen molar-refractivity contribution in [1.82, 2.24) is 9.99 Å². The van der Waals surface area contributed by atoms with Gasteiger partial charge in [-0.25, -0.2) is 5.01 Å². The molecule has 4 nitrogen and oxygen atoms in total. The minimum Gasteiger partial charge on any atom is -0.464 e. The molecule has 0 amide bonds. The van der Waals surface area contributed by atoms with Crippen LogP contribution in [0.2, 0.25) is 5.02 Å². The van der Waals surface area contributed by atoms with Crippen LogP contribution in [0.25, 0.3) is 0 Å². The smallest absolute Gasteiger partial charge is 0.215 e. The van der Waals surface area contributed by atoms with Crippen molar-refractivity contribution < 1.29 is 4.74 Å². The lowest BCUT2D eigenvalue weighted by atomic mass is 9.96. The molecule has 2 atom stereocenters. The molecule has 3 aromatic rings. The predicted octanol–water partition coefficient (Wildman–Crippen LogP) is 4.98. The number of nitrogens with zero attached hydrogens (tertiary/aromatic N) is 3. The lowest BCUT2D eigenvalue weighted by molar-refractivity contribution is -0.0192. The molecule has 0 fully saturated rings. The van der Waals surface area contributed by atoms with Crippen molar-refractivity contribution >= 4 is 17.3 Å². The van der Waals surface area contributed by atoms with Crippen LogP contribution in [0, 0.1) is 0 Å². The maximum absolute atomic E-state index is 6.29. The Kier molecular flexibility index (Phi) is 3.64. The van der Waals surface area contributed by atoms with Gasteiger partial charge in [-0.1, -0.05) is 48.0 Å². The van der Waals surface area contributed by atoms with Gasteiger partial charge in [-0.2, -0.15) is 5.10 Å². The van der Waals surface area contributed by atoms with Crippen LogP contribution < -0.4 is 4.74 Å². The third kappa shape index (κ3) is 2.54. The number of halogens is 1. The Morgan fingerprint density at radius 1 is 1.04 bits per heavy atom. The Balaban J connectivity index is 1.62. The summed E-state index contributed by atoms with van der Waals surface area (Å²) in [5.41, 5.74) is 4.25. The van der Waals surface area contributed by atoms with E-state index in [-0.39, 0.29) is 12.3 Å². The molecule has 0 saturated heterocycles. The standard InChI is InChI=1S/C21H16ClN3O/c22-16-8-9-20-17(11-16)19-12-18(14-5-2-1-3-6-14)24-25(19)21(26-20)15-7-4-10-23-13-15/h1-11,13,19,21H,12H2/t19-,21+/m1/s1. The number of rotatable bonds is 2. The van der Waals surface area contributed by atoms with Gasteiger partial charge >= 0.3 is 0 Å². The Morgan fingerprint density at radius 2 is 1.92 bits per heavy atom. The minimum absolute atomic E-state index is 0.0952. The Hall–Kier alpha value is -2.85. The molecule has 26 heavy (non-hydrogen) atoms. The summed E-state index contributed by atoms with van der Waals surface area (Å²) >= 11 is 6.25. The van der Waals surface area contributed by atoms with Crippen molar-refractivity contribution in [1.29, 1.82) is 0 Å². The molecule has 0 saturated carbocycles. The first-order valence-corrected chi connectivity index (χ1v) is 8.95. The van der Waals surface area contributed by atoms with Crippen molar-refractivity contribution in [2.45, 2.75) is 18.7 Å². The summed E-state index contributed by atoms with van der Waals surface area (Å²) < 4.78 is 6.29. The highest BCUT2D eigenvalue weighted by Crippen LogP contribution is 2.47. The number of hydrogen-bond acceptors (Lipinski definition) is 4. The van der Waals surface area contributed by atoms with Crippen LogP contribution in [0.15, 0.2) is 78.2 Å². The Bertz CT molecular complexity index is 975. The second kappa shape index (κ2) is 6.15. The van der Waals surface area contributed by atoms with Gasteiger partial charge < -0.3 is 4.74 Å². The number of hydrogen-bond donors (Lipinski definition) is 0. The topological polar surface area (TPSA) is 37.7 Å². The van der Waals surface area contributed by atoms with Crippen LogP contribution in [0.5, 0.6) is 5.75 Å². The van der Waals surface area contributed by atoms with Crippen LogP contribution >= 0.6 is 11.6 Å². The molecule has 5 heteroatoms. The molecular formula is C21H16ClN3O. The molecule has 0 radical (unpaired) electrons. The van der Waals surface area contributed by atoms with E-state index in [9.17, 15) is 0 Å². The first-order valence-electron chi connectivity index (χ1n) is 8.57. The molecule has 2 aliphatic rings. The number of hydrazone groups is 1. The average Bonchev–Trinajstić information content (AvgIpc) is 3.15. The largest absolute Gasteiger partial charge is 0.464 e. The lowest BCUT2D eigenvalue weighted by Gasteiger charge is -2.38. The third-order valence-electron chi connectivity index (χ3n) is 4.83. The SMILES string of the molecule is Clc1ccc2c(c1)[C@H]1CC(c3ccccc3)=NN1[C@H](c1cccnc1)O2. The van der Waals surface area contributed by atoms with E-state index >= 15 is 0 Å². The van der Waals surface area contributed by atoms with Gasteiger partial charge in [0.2, 0.25) is 6.23 Å². The molecule has 128 valence electrons. The van der Waals surface area contributed by atoms with Gasteiger partial charge in [0.1, 0.15) is 5.75 Å². The maximum atomic E-state index is 6.29. The van der Waals surface area contributed by atoms with Crippen molar-refractivity contribution in [2.24, 2.45) is 5.10 Å². The zero-order chi connectivity index (χ0) is 17.5. The fraction of sp³-hybridized carbons (Fsp3) is 0.143. The van der Waals surface area contributed by atoms with E-state index in [4.69, 9.17) is 21.4 Å². The maximum Gasteiger partial charge on any atom is 0.215 e. The Labute approximate surface area is 156 Å². The third-order valence-corrected chi connectivity index (χ3v) is 5.06. The minimum atomic E-state index is -0.302. The molecule has 2 aliphatic heterocycles. The van der Waals surface area contributed by atoms with Crippen molar-refractivity contribution in [2.75, 3.05) is 0 Å². The van der Waals surface area contributed by atoms with Crippen molar-refractivity contribution in [3.63, 3.8) is 0 Å². The normalized spacial score (nSPS) is 20.8. The predicted molar refractivity (Wildman–Crippen MR) is 101 cm³/mol. The van der Waals surface area contributed by atoms with Crippen LogP contribution in [0.1, 0.15) is 35.4 Å². The van der Waals surface area contributed by atoms with Crippen molar-refractivity contribution in [3.8, 4) is 5.75 Å². The van der Waals surface area contributed by atoms with Gasteiger partial charge in [0.25, 0.3) is 0 Å². The van der Waals surface area contributed by atoms with E-state index < -0.39 is 0 Å². The fourth-order valence-electron chi connectivity index (χ4n) is 3.61. The van der Waals surface area contributed by atoms with Gasteiger partial charge in [0, 0.05) is 35.0 Å². The van der Waals surface area contributed by atoms with E-state index in [1.54, 1.807) is 6.20 Å². The highest BCUT2D eigenvalue weighted by molar-refractivity contribution is 6.30. The molecule has 0 N–H and O–H groups in total. The lowest BCUT2D eigenvalue weighted by Crippen LogP contribution is -2.33. The molecule has 1 aromatic heterocycles. The van der Waals surface area contributed by atoms with Gasteiger partial charge in [-0.05, 0) is 29.8 Å². The summed E-state index contributed by atoms with van der Waals surface area (Å²) in [5.74, 6) is 0.856. The van der Waals surface area contributed by atoms with Crippen LogP contribution in [-0.4, -0.2) is 15.7 Å². The molecule has 5 rings (SSSR count). The summed E-state index contributed by atoms with van der Waals surface area (Å²) in [7, 11) is 0. The highest BCUT2D eigenvalue weighted by atomic mass is 35.5. The average molecular weight is 362 g/mol. The molecular weight excluding hydrogens is 346 g/mol. The van der Waals surface area contributed by atoms with E-state index in [1.165, 1.54) is 0 Å². The van der Waals surface area contributed by atoms with Crippen LogP contribution in [0.3, 0.4) is 0 Å². The summed E-state index contributed by atoms with van der Waals surface area (Å²) in [4.78, 5) is 4.25. The monoisotopic (exact) mass is 361 g/mol. The second-order valence-electron chi connectivity index (χ2n) is 6.45. The quantitative estimate of drug-likeness (QED) is 0.646. The molecule has 2 aromatic carbocycles. The van der Waals surface area contributed by atoms with Gasteiger partial charge in [-0.15, -0.1) is 0 Å². The Morgan fingerprint density at radius 3 is 2.73 bits per heavy atom. The van der Waals surface area contributed by atoms with E-state index in [1.807, 2.05) is 59.7 Å². The summed E-state index contributed by atoms with van der Waals surface area (Å²) in [6, 6.07) is 20.1. The zero-order valence-electron chi connectivity index (χ0n) is 13.9. The molecule has 0 spiro atoms. The number of pyridine rings is 1. The summed E-state index contributed by atoms with van der Waals surface area (Å²) in [6.07, 6.45) is 4.11. The first kappa shape index (κ1) is 15.4. The number of benzene rings is 2. The first-order chi connectivity index (χ1) is 12.8. The van der Waals surface area contributed by atoms with E-state index in [0.717, 1.165) is 34.6 Å². The van der Waals surface area contributed by atoms with Gasteiger partial charge in [0.05, 0.1) is 11.8 Å². The van der Waals surface area contributed by atoms with E-state index in [2.05, 4.69) is 17.1 Å². The highest BCUT2D eigenvalue weighted by Gasteiger charge is 2.41. The summed E-state index contributed by atoms with van der Waals surface area (Å²) in [5, 5.41) is 7.67. The van der Waals surface area contributed by atoms with Gasteiger partial charge in [0.15, 0.2) is 0 Å². The molecule has 3 heterocycles. The molecule has 0 aliphatic carbocycles.